The summed E-state index contributed by atoms with van der Waals surface area (Å²) < 4.78 is 47.9. The number of halogens is 3. The maximum atomic E-state index is 13.4. The molecule has 2 aromatic carbocycles. The topological polar surface area (TPSA) is 102 Å². The fourth-order valence-corrected chi connectivity index (χ4v) is 4.87. The van der Waals surface area contributed by atoms with Gasteiger partial charge in [0.2, 0.25) is 5.71 Å². The molecular weight excluding hydrogens is 571 g/mol. The molecule has 0 bridgehead atoms. The Morgan fingerprint density at radius 3 is 2.32 bits per heavy atom. The van der Waals surface area contributed by atoms with Crippen LogP contribution in [0.4, 0.5) is 13.2 Å². The van der Waals surface area contributed by atoms with Crippen LogP contribution in [-0.4, -0.2) is 45.3 Å². The van der Waals surface area contributed by atoms with E-state index in [1.54, 1.807) is 53.3 Å². The highest BCUT2D eigenvalue weighted by Gasteiger charge is 2.29. The van der Waals surface area contributed by atoms with E-state index < -0.39 is 30.5 Å². The van der Waals surface area contributed by atoms with Crippen LogP contribution < -0.4 is 10.6 Å². The molecule has 0 saturated carbocycles. The summed E-state index contributed by atoms with van der Waals surface area (Å²) in [5.74, 6) is -0.539. The van der Waals surface area contributed by atoms with Gasteiger partial charge in [-0.25, -0.2) is 9.67 Å². The lowest BCUT2D eigenvalue weighted by Crippen LogP contribution is -2.40. The van der Waals surface area contributed by atoms with Gasteiger partial charge in [-0.15, -0.1) is 0 Å². The molecular formula is C33H32F3N5O3. The Morgan fingerprint density at radius 2 is 1.70 bits per heavy atom. The molecule has 0 unspecified atom stereocenters. The van der Waals surface area contributed by atoms with E-state index in [1.165, 1.54) is 7.05 Å². The molecule has 3 aromatic heterocycles. The summed E-state index contributed by atoms with van der Waals surface area (Å²) in [6.07, 6.45) is -2.33. The first kappa shape index (κ1) is 30.5. The summed E-state index contributed by atoms with van der Waals surface area (Å²) in [4.78, 5) is 30.7. The number of carbonyl (C=O) groups is 2. The minimum Gasteiger partial charge on any atom is -0.437 e. The van der Waals surface area contributed by atoms with Gasteiger partial charge >= 0.3 is 6.18 Å². The van der Waals surface area contributed by atoms with Crippen LogP contribution in [0.15, 0.2) is 71.4 Å². The number of hydrogen-bond donors (Lipinski definition) is 2. The van der Waals surface area contributed by atoms with Gasteiger partial charge < -0.3 is 15.1 Å². The summed E-state index contributed by atoms with van der Waals surface area (Å²) in [5.41, 5.74) is 3.45. The van der Waals surface area contributed by atoms with E-state index in [9.17, 15) is 22.8 Å². The molecule has 0 spiro atoms. The number of benzene rings is 2. The van der Waals surface area contributed by atoms with Gasteiger partial charge in [-0.3, -0.25) is 9.59 Å². The highest BCUT2D eigenvalue weighted by atomic mass is 19.4. The van der Waals surface area contributed by atoms with Gasteiger partial charge in [-0.2, -0.15) is 18.3 Å². The van der Waals surface area contributed by atoms with Gasteiger partial charge in [0, 0.05) is 41.9 Å². The summed E-state index contributed by atoms with van der Waals surface area (Å²) in [6.45, 7) is 7.49. The normalized spacial score (nSPS) is 12.0. The van der Waals surface area contributed by atoms with E-state index in [0.29, 0.717) is 27.6 Å². The van der Waals surface area contributed by atoms with Crippen molar-refractivity contribution in [1.29, 1.82) is 0 Å². The van der Waals surface area contributed by atoms with Crippen molar-refractivity contribution in [2.75, 3.05) is 7.05 Å². The third-order valence-electron chi connectivity index (χ3n) is 6.89. The van der Waals surface area contributed by atoms with Crippen molar-refractivity contribution < 1.29 is 27.2 Å². The van der Waals surface area contributed by atoms with Crippen molar-refractivity contribution in [3.63, 3.8) is 0 Å². The smallest absolute Gasteiger partial charge is 0.389 e. The number of fused-ring (bicyclic) bond motifs is 1. The molecule has 0 atom stereocenters. The number of amides is 2. The molecule has 5 rings (SSSR count). The molecule has 11 heteroatoms. The number of rotatable bonds is 7. The number of furan rings is 1. The quantitative estimate of drug-likeness (QED) is 0.208. The Bertz CT molecular complexity index is 1850. The van der Waals surface area contributed by atoms with Crippen molar-refractivity contribution in [2.24, 2.45) is 0 Å². The van der Waals surface area contributed by atoms with E-state index in [0.717, 1.165) is 11.3 Å². The van der Waals surface area contributed by atoms with Crippen LogP contribution in [0.25, 0.3) is 39.2 Å². The predicted octanol–water partition coefficient (Wildman–Crippen LogP) is 7.04. The fourth-order valence-electron chi connectivity index (χ4n) is 4.87. The van der Waals surface area contributed by atoms with Crippen molar-refractivity contribution in [3.05, 3.63) is 89.4 Å². The Morgan fingerprint density at radius 1 is 0.977 bits per heavy atom. The van der Waals surface area contributed by atoms with Crippen molar-refractivity contribution in [1.82, 2.24) is 25.4 Å². The molecule has 0 aliphatic rings. The minimum absolute atomic E-state index is 0.0351. The van der Waals surface area contributed by atoms with Crippen LogP contribution in [0.2, 0.25) is 0 Å². The average molecular weight is 604 g/mol. The third kappa shape index (κ3) is 6.66. The highest BCUT2D eigenvalue weighted by molar-refractivity contribution is 6.11. The van der Waals surface area contributed by atoms with Gasteiger partial charge in [0.05, 0.1) is 28.5 Å². The standard InChI is InChI=1S/C33H32F3N5O3/c1-19-17-38-41(18-19)23-11-9-20(10-12-23)28-27(30(43)37-5)25-16-24(26(39-31(25)44-28)13-14-33(34,35)36)21-7-6-8-22(15-21)29(42)40-32(2,3)4/h6-12,15-18H,13-14H2,1-5H3,(H,37,43)(H,40,42). The zero-order valence-corrected chi connectivity index (χ0v) is 25.0. The average Bonchev–Trinajstić information content (AvgIpc) is 3.57. The Kier molecular flexibility index (Phi) is 8.07. The van der Waals surface area contributed by atoms with E-state index >= 15 is 0 Å². The molecule has 8 nitrogen and oxygen atoms in total. The second-order valence-corrected chi connectivity index (χ2v) is 11.6. The first-order chi connectivity index (χ1) is 20.7. The van der Waals surface area contributed by atoms with Crippen molar-refractivity contribution >= 4 is 22.9 Å². The van der Waals surface area contributed by atoms with Gasteiger partial charge in [-0.05, 0) is 87.7 Å². The third-order valence-corrected chi connectivity index (χ3v) is 6.89. The number of alkyl halides is 3. The number of nitrogens with one attached hydrogen (secondary N) is 2. The zero-order valence-electron chi connectivity index (χ0n) is 25.0. The lowest BCUT2D eigenvalue weighted by atomic mass is 9.96. The fraction of sp³-hybridized carbons (Fsp3) is 0.273. The van der Waals surface area contributed by atoms with E-state index in [4.69, 9.17) is 4.42 Å². The van der Waals surface area contributed by atoms with Crippen LogP contribution in [0.1, 0.15) is 59.2 Å². The summed E-state index contributed by atoms with van der Waals surface area (Å²) in [7, 11) is 1.48. The maximum absolute atomic E-state index is 13.4. The second-order valence-electron chi connectivity index (χ2n) is 11.6. The first-order valence-corrected chi connectivity index (χ1v) is 14.0. The predicted molar refractivity (Wildman–Crippen MR) is 162 cm³/mol. The zero-order chi connectivity index (χ0) is 31.8. The molecule has 0 saturated heterocycles. The van der Waals surface area contributed by atoms with Crippen molar-refractivity contribution in [2.45, 2.75) is 52.3 Å². The lowest BCUT2D eigenvalue weighted by Gasteiger charge is -2.20. The maximum Gasteiger partial charge on any atom is 0.389 e. The van der Waals surface area contributed by atoms with Crippen LogP contribution in [0.5, 0.6) is 0 Å². The summed E-state index contributed by atoms with van der Waals surface area (Å²) in [5, 5.41) is 10.2. The minimum atomic E-state index is -4.42. The van der Waals surface area contributed by atoms with E-state index in [2.05, 4.69) is 20.7 Å². The molecule has 2 N–H and O–H groups in total. The summed E-state index contributed by atoms with van der Waals surface area (Å²) in [6, 6.07) is 15.4. The van der Waals surface area contributed by atoms with E-state index in [1.807, 2.05) is 46.0 Å². The lowest BCUT2D eigenvalue weighted by molar-refractivity contribution is -0.134. The Hall–Kier alpha value is -4.93. The first-order valence-electron chi connectivity index (χ1n) is 14.0. The molecule has 5 aromatic rings. The molecule has 228 valence electrons. The molecule has 0 aliphatic carbocycles. The molecule has 0 radical (unpaired) electrons. The SMILES string of the molecule is CNC(=O)c1c(-c2ccc(-n3cc(C)cn3)cc2)oc2nc(CCC(F)(F)F)c(-c3cccc(C(=O)NC(C)(C)C)c3)cc12. The van der Waals surface area contributed by atoms with Crippen LogP contribution in [0, 0.1) is 6.92 Å². The number of nitrogens with zero attached hydrogens (tertiary/aromatic N) is 3. The second kappa shape index (κ2) is 11.6. The largest absolute Gasteiger partial charge is 0.437 e. The van der Waals surface area contributed by atoms with Gasteiger partial charge in [0.15, 0.2) is 0 Å². The molecule has 2 amide bonds. The van der Waals surface area contributed by atoms with Crippen LogP contribution in [0.3, 0.4) is 0 Å². The van der Waals surface area contributed by atoms with Crippen LogP contribution >= 0.6 is 0 Å². The monoisotopic (exact) mass is 603 g/mol. The van der Waals surface area contributed by atoms with Crippen molar-refractivity contribution in [3.8, 4) is 28.1 Å². The molecule has 0 aliphatic heterocycles. The van der Waals surface area contributed by atoms with E-state index in [-0.39, 0.29) is 28.6 Å². The van der Waals surface area contributed by atoms with Gasteiger partial charge in [0.1, 0.15) is 5.76 Å². The van der Waals surface area contributed by atoms with Crippen LogP contribution in [-0.2, 0) is 6.42 Å². The number of pyridine rings is 1. The number of hydrogen-bond acceptors (Lipinski definition) is 5. The number of carbonyl (C=O) groups excluding carboxylic acids is 2. The number of aromatic nitrogens is 3. The van der Waals surface area contributed by atoms with Gasteiger partial charge in [0.25, 0.3) is 11.8 Å². The number of aryl methyl sites for hydroxylation is 2. The highest BCUT2D eigenvalue weighted by Crippen LogP contribution is 2.38. The Labute approximate surface area is 252 Å². The molecule has 0 fully saturated rings. The molecule has 44 heavy (non-hydrogen) atoms. The van der Waals surface area contributed by atoms with Gasteiger partial charge in [-0.1, -0.05) is 12.1 Å². The molecule has 3 heterocycles. The summed E-state index contributed by atoms with van der Waals surface area (Å²) >= 11 is 0. The Balaban J connectivity index is 1.66.